The van der Waals surface area contributed by atoms with Crippen LogP contribution < -0.4 is 15.4 Å². The van der Waals surface area contributed by atoms with Crippen molar-refractivity contribution in [1.29, 1.82) is 5.26 Å². The van der Waals surface area contributed by atoms with E-state index in [1.165, 1.54) is 0 Å². The first-order chi connectivity index (χ1) is 15.6. The van der Waals surface area contributed by atoms with E-state index in [1.807, 2.05) is 18.7 Å². The molecule has 33 heavy (non-hydrogen) atoms. The number of nitrogens with one attached hydrogen (secondary N) is 1. The van der Waals surface area contributed by atoms with Gasteiger partial charge in [-0.2, -0.15) is 18.4 Å². The van der Waals surface area contributed by atoms with Crippen molar-refractivity contribution in [3.8, 4) is 11.9 Å². The van der Waals surface area contributed by atoms with Crippen LogP contribution in [0.1, 0.15) is 42.7 Å². The Morgan fingerprint density at radius 3 is 2.67 bits per heavy atom. The number of hydrogen-bond acceptors (Lipinski definition) is 6. The molecule has 4 rings (SSSR count). The van der Waals surface area contributed by atoms with E-state index in [-0.39, 0.29) is 23.3 Å². The molecule has 2 aromatic rings. The first-order valence-corrected chi connectivity index (χ1v) is 10.8. The van der Waals surface area contributed by atoms with Gasteiger partial charge in [0.15, 0.2) is 0 Å². The highest BCUT2D eigenvalue weighted by atomic mass is 19.4. The molecule has 0 aliphatic carbocycles. The van der Waals surface area contributed by atoms with Gasteiger partial charge in [-0.1, -0.05) is 13.8 Å². The van der Waals surface area contributed by atoms with Gasteiger partial charge in [-0.3, -0.25) is 5.10 Å². The number of hydrogen-bond donors (Lipinski definition) is 2. The van der Waals surface area contributed by atoms with E-state index in [9.17, 15) is 18.4 Å². The van der Waals surface area contributed by atoms with Crippen molar-refractivity contribution in [2.24, 2.45) is 11.7 Å². The fourth-order valence-corrected chi connectivity index (χ4v) is 4.95. The second-order valence-electron chi connectivity index (χ2n) is 8.66. The van der Waals surface area contributed by atoms with Crippen molar-refractivity contribution in [2.45, 2.75) is 38.8 Å². The monoisotopic (exact) mass is 461 g/mol. The number of H-pyrrole nitrogens is 1. The molecule has 1 aromatic heterocycles. The molecule has 176 valence electrons. The lowest BCUT2D eigenvalue weighted by Crippen LogP contribution is -2.41. The fraction of sp³-hybridized carbons (Fsp3) is 0.478. The normalized spacial score (nSPS) is 21.5. The molecule has 10 heteroatoms. The lowest BCUT2D eigenvalue weighted by atomic mass is 9.61. The van der Waals surface area contributed by atoms with Gasteiger partial charge < -0.3 is 20.1 Å². The van der Waals surface area contributed by atoms with E-state index >= 15 is 0 Å². The van der Waals surface area contributed by atoms with Crippen molar-refractivity contribution in [3.63, 3.8) is 0 Å². The number of nitriles is 1. The molecular formula is C23H26F3N5O2. The van der Waals surface area contributed by atoms with Crippen LogP contribution in [-0.2, 0) is 16.3 Å². The second-order valence-corrected chi connectivity index (χ2v) is 8.66. The molecule has 1 fully saturated rings. The summed E-state index contributed by atoms with van der Waals surface area (Å²) in [5.74, 6) is -0.333. The van der Waals surface area contributed by atoms with E-state index in [1.54, 1.807) is 13.0 Å². The number of rotatable bonds is 3. The van der Waals surface area contributed by atoms with Crippen molar-refractivity contribution in [2.75, 3.05) is 31.2 Å². The fourth-order valence-electron chi connectivity index (χ4n) is 4.95. The first-order valence-electron chi connectivity index (χ1n) is 10.8. The third-order valence-electron chi connectivity index (χ3n) is 6.42. The molecule has 1 saturated heterocycles. The number of allylic oxidation sites excluding steroid dienone is 1. The van der Waals surface area contributed by atoms with E-state index < -0.39 is 17.2 Å². The molecule has 0 bridgehead atoms. The molecule has 0 spiro atoms. The topological polar surface area (TPSA) is 100 Å². The molecule has 0 amide bonds. The van der Waals surface area contributed by atoms with E-state index in [2.05, 4.69) is 16.3 Å². The maximum Gasteiger partial charge on any atom is 0.416 e. The molecule has 3 heterocycles. The largest absolute Gasteiger partial charge is 0.420 e. The van der Waals surface area contributed by atoms with Crippen LogP contribution in [0.4, 0.5) is 18.9 Å². The molecule has 7 nitrogen and oxygen atoms in total. The first kappa shape index (κ1) is 23.0. The zero-order valence-corrected chi connectivity index (χ0v) is 18.7. The predicted molar refractivity (Wildman–Crippen MR) is 115 cm³/mol. The summed E-state index contributed by atoms with van der Waals surface area (Å²) in [4.78, 5) is 1.89. The van der Waals surface area contributed by atoms with Gasteiger partial charge in [0, 0.05) is 31.1 Å². The lowest BCUT2D eigenvalue weighted by Gasteiger charge is -2.41. The number of ether oxygens (including phenoxy) is 2. The summed E-state index contributed by atoms with van der Waals surface area (Å²) in [6.07, 6.45) is -3.87. The number of alkyl halides is 3. The van der Waals surface area contributed by atoms with Gasteiger partial charge >= 0.3 is 6.18 Å². The van der Waals surface area contributed by atoms with Gasteiger partial charge in [0.1, 0.15) is 11.6 Å². The van der Waals surface area contributed by atoms with Crippen LogP contribution in [-0.4, -0.2) is 36.5 Å². The smallest absolute Gasteiger partial charge is 0.416 e. The molecule has 3 N–H and O–H groups in total. The van der Waals surface area contributed by atoms with Crippen molar-refractivity contribution in [3.05, 3.63) is 52.0 Å². The Hall–Kier alpha value is -3.19. The van der Waals surface area contributed by atoms with Crippen LogP contribution in [0.2, 0.25) is 0 Å². The number of nitrogens with zero attached hydrogens (tertiary/aromatic N) is 3. The highest BCUT2D eigenvalue weighted by molar-refractivity contribution is 5.65. The highest BCUT2D eigenvalue weighted by Gasteiger charge is 2.51. The Labute approximate surface area is 190 Å². The Morgan fingerprint density at radius 1 is 1.24 bits per heavy atom. The minimum Gasteiger partial charge on any atom is -0.420 e. The third kappa shape index (κ3) is 3.70. The van der Waals surface area contributed by atoms with Gasteiger partial charge in [-0.05, 0) is 43.0 Å². The zero-order chi connectivity index (χ0) is 24.0. The number of aromatic nitrogens is 2. The number of fused-ring (bicyclic) bond motifs is 1. The van der Waals surface area contributed by atoms with Gasteiger partial charge in [-0.25, -0.2) is 0 Å². The summed E-state index contributed by atoms with van der Waals surface area (Å²) in [7, 11) is 0. The van der Waals surface area contributed by atoms with E-state index in [0.717, 1.165) is 12.1 Å². The summed E-state index contributed by atoms with van der Waals surface area (Å²) in [5.41, 5.74) is 5.99. The van der Waals surface area contributed by atoms with Crippen LogP contribution >= 0.6 is 0 Å². The zero-order valence-electron chi connectivity index (χ0n) is 18.7. The van der Waals surface area contributed by atoms with Crippen molar-refractivity contribution in [1.82, 2.24) is 10.2 Å². The van der Waals surface area contributed by atoms with Crippen LogP contribution in [0, 0.1) is 24.2 Å². The Bertz CT molecular complexity index is 1120. The van der Waals surface area contributed by atoms with E-state index in [4.69, 9.17) is 15.2 Å². The van der Waals surface area contributed by atoms with Crippen molar-refractivity contribution < 1.29 is 22.6 Å². The highest BCUT2D eigenvalue weighted by Crippen LogP contribution is 2.53. The molecule has 0 radical (unpaired) electrons. The number of anilines is 1. The average molecular weight is 461 g/mol. The number of halogens is 3. The average Bonchev–Trinajstić information content (AvgIpc) is 2.96. The minimum absolute atomic E-state index is 0.0685. The maximum absolute atomic E-state index is 14.1. The molecular weight excluding hydrogens is 435 g/mol. The van der Waals surface area contributed by atoms with Gasteiger partial charge in [0.05, 0.1) is 23.1 Å². The van der Waals surface area contributed by atoms with Gasteiger partial charge in [0.2, 0.25) is 11.8 Å². The van der Waals surface area contributed by atoms with Crippen LogP contribution in [0.5, 0.6) is 5.88 Å². The number of nitrogens with two attached hydrogens (primary N) is 1. The van der Waals surface area contributed by atoms with Crippen LogP contribution in [0.15, 0.2) is 29.7 Å². The Morgan fingerprint density at radius 2 is 2.00 bits per heavy atom. The summed E-state index contributed by atoms with van der Waals surface area (Å²) < 4.78 is 53.3. The second kappa shape index (κ2) is 8.30. The summed E-state index contributed by atoms with van der Waals surface area (Å²) in [6, 6.07) is 6.12. The van der Waals surface area contributed by atoms with E-state index in [0.29, 0.717) is 55.2 Å². The maximum atomic E-state index is 14.1. The minimum atomic E-state index is -4.58. The van der Waals surface area contributed by atoms with Crippen LogP contribution in [0.3, 0.4) is 0 Å². The number of aryl methyl sites for hydroxylation is 1. The summed E-state index contributed by atoms with van der Waals surface area (Å²) in [5, 5.41) is 17.1. The Balaban J connectivity index is 2.05. The molecule has 1 atom stereocenters. The molecule has 0 saturated carbocycles. The quantitative estimate of drug-likeness (QED) is 0.717. The summed E-state index contributed by atoms with van der Waals surface area (Å²) in [6.45, 7) is 7.48. The van der Waals surface area contributed by atoms with Gasteiger partial charge in [-0.15, -0.1) is 5.10 Å². The van der Waals surface area contributed by atoms with Crippen LogP contribution in [0.25, 0.3) is 0 Å². The molecule has 1 aromatic carbocycles. The Kier molecular flexibility index (Phi) is 5.78. The van der Waals surface area contributed by atoms with Crippen molar-refractivity contribution >= 4 is 5.69 Å². The SMILES string of the molecule is Cc1[nH]nc2c1C(c1cc(N3CCCOCC3)cc(C(F)(F)F)c1)(C(C)C)C(C#N)=C(N)O2. The van der Waals surface area contributed by atoms with Gasteiger partial charge in [0.25, 0.3) is 0 Å². The molecule has 1 unspecified atom stereocenters. The number of aromatic amines is 1. The molecule has 2 aliphatic rings. The third-order valence-corrected chi connectivity index (χ3v) is 6.42. The molecule has 2 aliphatic heterocycles. The number of benzene rings is 1. The summed E-state index contributed by atoms with van der Waals surface area (Å²) >= 11 is 0. The lowest BCUT2D eigenvalue weighted by molar-refractivity contribution is -0.137. The predicted octanol–water partition coefficient (Wildman–Crippen LogP) is 3.99. The standard InChI is InChI=1S/C23H26F3N5O2/c1-13(2)22(18(12-27)20(28)33-21-19(22)14(3)29-30-21)15-9-16(23(24,25)26)11-17(10-15)31-5-4-7-32-8-6-31/h9-11,13H,4-8,28H2,1-3H3,(H,29,30).